The van der Waals surface area contributed by atoms with Crippen molar-refractivity contribution in [2.24, 2.45) is 0 Å². The molecule has 0 radical (unpaired) electrons. The van der Waals surface area contributed by atoms with Gasteiger partial charge in [-0.2, -0.15) is 22.0 Å². The third-order valence-corrected chi connectivity index (χ3v) is 2.88. The molecular weight excluding hydrogens is 203 g/mol. The average molecular weight is 210 g/mol. The quantitative estimate of drug-likeness (QED) is 0.515. The molecule has 0 aliphatic heterocycles. The van der Waals surface area contributed by atoms with E-state index < -0.39 is 21.0 Å². The molecule has 0 saturated carbocycles. The number of rotatable bonds is 3. The summed E-state index contributed by atoms with van der Waals surface area (Å²) in [6.07, 6.45) is -5.60. The molecule has 0 N–H and O–H groups in total. The third-order valence-electron chi connectivity index (χ3n) is 1.10. The van der Waals surface area contributed by atoms with E-state index in [2.05, 4.69) is 8.85 Å². The molecule has 0 aromatic heterocycles. The van der Waals surface area contributed by atoms with Gasteiger partial charge in [-0.3, -0.25) is 0 Å². The average Bonchev–Trinajstić information content (AvgIpc) is 1.87. The summed E-state index contributed by atoms with van der Waals surface area (Å²) in [5.74, 6) is 0. The molecule has 74 valence electrons. The maximum Gasteiger partial charge on any atom is 0.454 e. The summed E-state index contributed by atoms with van der Waals surface area (Å²) in [6, 6.07) is 0. The molecular formula is C4H7F5O2Si. The fourth-order valence-corrected chi connectivity index (χ4v) is 1.58. The van der Waals surface area contributed by atoms with Crippen LogP contribution in [0.2, 0.25) is 0 Å². The van der Waals surface area contributed by atoms with Crippen molar-refractivity contribution in [3.05, 3.63) is 0 Å². The second kappa shape index (κ2) is 3.67. The van der Waals surface area contributed by atoms with Crippen molar-refractivity contribution in [3.63, 3.8) is 0 Å². The van der Waals surface area contributed by atoms with E-state index in [1.54, 1.807) is 0 Å². The van der Waals surface area contributed by atoms with Crippen LogP contribution in [0.4, 0.5) is 22.0 Å². The Labute approximate surface area is 67.1 Å². The van der Waals surface area contributed by atoms with E-state index in [-0.39, 0.29) is 0 Å². The lowest BCUT2D eigenvalue weighted by molar-refractivity contribution is -0.254. The molecule has 0 amide bonds. The van der Waals surface area contributed by atoms with Gasteiger partial charge in [0.1, 0.15) is 0 Å². The van der Waals surface area contributed by atoms with E-state index in [4.69, 9.17) is 0 Å². The number of alkyl halides is 5. The van der Waals surface area contributed by atoms with E-state index >= 15 is 0 Å². The first kappa shape index (κ1) is 11.8. The van der Waals surface area contributed by atoms with Crippen LogP contribution in [0.1, 0.15) is 0 Å². The van der Waals surface area contributed by atoms with Gasteiger partial charge in [-0.25, -0.2) is 0 Å². The van der Waals surface area contributed by atoms with Crippen LogP contribution >= 0.6 is 0 Å². The Morgan fingerprint density at radius 2 is 1.25 bits per heavy atom. The van der Waals surface area contributed by atoms with Gasteiger partial charge in [0.25, 0.3) is 0 Å². The SMILES string of the molecule is CO[SiH](OC)C(F)(F)C(F)(F)F. The highest BCUT2D eigenvalue weighted by atomic mass is 28.3. The van der Waals surface area contributed by atoms with E-state index in [9.17, 15) is 22.0 Å². The van der Waals surface area contributed by atoms with Gasteiger partial charge in [-0.15, -0.1) is 0 Å². The zero-order valence-corrected chi connectivity index (χ0v) is 7.44. The molecule has 0 aromatic carbocycles. The number of halogens is 5. The second-order valence-electron chi connectivity index (χ2n) is 1.92. The summed E-state index contributed by atoms with van der Waals surface area (Å²) in [7, 11) is -2.46. The fourth-order valence-electron chi connectivity index (χ4n) is 0.526. The van der Waals surface area contributed by atoms with E-state index in [1.807, 2.05) is 0 Å². The van der Waals surface area contributed by atoms with Crippen LogP contribution in [0.3, 0.4) is 0 Å². The minimum Gasteiger partial charge on any atom is -0.396 e. The summed E-state index contributed by atoms with van der Waals surface area (Å²) in [5.41, 5.74) is -4.85. The highest BCUT2D eigenvalue weighted by Crippen LogP contribution is 2.37. The molecule has 0 aromatic rings. The number of hydrogen-bond donors (Lipinski definition) is 0. The van der Waals surface area contributed by atoms with E-state index in [0.29, 0.717) is 0 Å². The Hall–Kier alpha value is -0.213. The zero-order chi connectivity index (χ0) is 9.99. The Morgan fingerprint density at radius 3 is 1.33 bits per heavy atom. The molecule has 12 heavy (non-hydrogen) atoms. The van der Waals surface area contributed by atoms with Gasteiger partial charge in [0, 0.05) is 14.2 Å². The van der Waals surface area contributed by atoms with Crippen LogP contribution in [0.15, 0.2) is 0 Å². The molecule has 0 atom stereocenters. The standard InChI is InChI=1S/C4H7F5O2Si/c1-10-12(11-2)4(8,9)3(5,6)7/h12H,1-2H3. The molecule has 0 saturated heterocycles. The lowest BCUT2D eigenvalue weighted by atomic mass is 10.7. The lowest BCUT2D eigenvalue weighted by Crippen LogP contribution is -2.52. The minimum atomic E-state index is -5.60. The van der Waals surface area contributed by atoms with Crippen LogP contribution in [-0.2, 0) is 8.85 Å². The molecule has 0 bridgehead atoms. The van der Waals surface area contributed by atoms with Gasteiger partial charge >= 0.3 is 21.0 Å². The first-order valence-electron chi connectivity index (χ1n) is 2.77. The molecule has 0 spiro atoms. The molecule has 0 unspecified atom stereocenters. The van der Waals surface area contributed by atoms with Crippen LogP contribution in [0.25, 0.3) is 0 Å². The summed E-state index contributed by atoms with van der Waals surface area (Å²) >= 11 is 0. The molecule has 0 aliphatic rings. The summed E-state index contributed by atoms with van der Waals surface area (Å²) < 4.78 is 67.2. The van der Waals surface area contributed by atoms with Gasteiger partial charge in [0.05, 0.1) is 0 Å². The monoisotopic (exact) mass is 210 g/mol. The van der Waals surface area contributed by atoms with Crippen LogP contribution in [0, 0.1) is 0 Å². The summed E-state index contributed by atoms with van der Waals surface area (Å²) in [5, 5.41) is 0. The Morgan fingerprint density at radius 1 is 0.917 bits per heavy atom. The Balaban J connectivity index is 4.57. The lowest BCUT2D eigenvalue weighted by Gasteiger charge is -2.23. The largest absolute Gasteiger partial charge is 0.454 e. The first-order chi connectivity index (χ1) is 5.27. The summed E-state index contributed by atoms with van der Waals surface area (Å²) in [6.45, 7) is 0. The van der Waals surface area contributed by atoms with Crippen molar-refractivity contribution < 1.29 is 30.8 Å². The maximum absolute atomic E-state index is 12.3. The molecule has 0 fully saturated rings. The van der Waals surface area contributed by atoms with Gasteiger partial charge in [-0.05, 0) is 0 Å². The zero-order valence-electron chi connectivity index (χ0n) is 6.28. The molecule has 2 nitrogen and oxygen atoms in total. The third kappa shape index (κ3) is 2.14. The molecule has 0 aliphatic carbocycles. The maximum atomic E-state index is 12.3. The van der Waals surface area contributed by atoms with Crippen molar-refractivity contribution in [1.29, 1.82) is 0 Å². The van der Waals surface area contributed by atoms with Crippen molar-refractivity contribution in [2.45, 2.75) is 11.7 Å². The predicted octanol–water partition coefficient (Wildman–Crippen LogP) is 1.24. The molecule has 0 rings (SSSR count). The van der Waals surface area contributed by atoms with Crippen molar-refractivity contribution >= 4 is 9.28 Å². The normalized spacial score (nSPS) is 14.0. The van der Waals surface area contributed by atoms with Crippen LogP contribution < -0.4 is 0 Å². The van der Waals surface area contributed by atoms with E-state index in [1.165, 1.54) is 0 Å². The van der Waals surface area contributed by atoms with Gasteiger partial charge < -0.3 is 8.85 Å². The summed E-state index contributed by atoms with van der Waals surface area (Å²) in [4.78, 5) is 0. The molecule has 0 heterocycles. The van der Waals surface area contributed by atoms with Gasteiger partial charge in [-0.1, -0.05) is 0 Å². The van der Waals surface area contributed by atoms with Gasteiger partial charge in [0.2, 0.25) is 0 Å². The number of hydrogen-bond acceptors (Lipinski definition) is 2. The highest BCUT2D eigenvalue weighted by molar-refractivity contribution is 6.47. The van der Waals surface area contributed by atoms with Crippen molar-refractivity contribution in [1.82, 2.24) is 0 Å². The van der Waals surface area contributed by atoms with Crippen LogP contribution in [0.5, 0.6) is 0 Å². The van der Waals surface area contributed by atoms with Crippen molar-refractivity contribution in [3.8, 4) is 0 Å². The van der Waals surface area contributed by atoms with Crippen molar-refractivity contribution in [2.75, 3.05) is 14.2 Å². The minimum absolute atomic E-state index is 0.764. The predicted molar refractivity (Wildman–Crippen MR) is 32.2 cm³/mol. The second-order valence-corrected chi connectivity index (χ2v) is 4.26. The Kier molecular flexibility index (Phi) is 3.60. The highest BCUT2D eigenvalue weighted by Gasteiger charge is 2.65. The van der Waals surface area contributed by atoms with Gasteiger partial charge in [0.15, 0.2) is 0 Å². The smallest absolute Gasteiger partial charge is 0.396 e. The van der Waals surface area contributed by atoms with E-state index in [0.717, 1.165) is 14.2 Å². The topological polar surface area (TPSA) is 18.5 Å². The Bertz CT molecular complexity index is 143. The fraction of sp³-hybridized carbons (Fsp3) is 1.00. The molecule has 8 heteroatoms. The first-order valence-corrected chi connectivity index (χ1v) is 4.29. The van der Waals surface area contributed by atoms with Crippen LogP contribution in [-0.4, -0.2) is 35.2 Å².